The molecular weight excluding hydrogens is 254 g/mol. The Morgan fingerprint density at radius 3 is 1.95 bits per heavy atom. The minimum atomic E-state index is 0.739. The van der Waals surface area contributed by atoms with Gasteiger partial charge in [-0.25, -0.2) is 0 Å². The van der Waals surface area contributed by atoms with Crippen LogP contribution in [0, 0.1) is 29.6 Å². The van der Waals surface area contributed by atoms with Crippen LogP contribution in [-0.4, -0.2) is 13.1 Å². The maximum absolute atomic E-state index is 3.70. The Kier molecular flexibility index (Phi) is 8.94. The molecule has 5 atom stereocenters. The van der Waals surface area contributed by atoms with Gasteiger partial charge in [0.1, 0.15) is 0 Å². The van der Waals surface area contributed by atoms with Gasteiger partial charge < -0.3 is 5.32 Å². The standard InChI is InChI=1S/C20H41N/c1-7-15(5)18(9-3)16(8-2)14-20(21-6)19(10-4)17-12-11-13-17/h15-21H,7-14H2,1-6H3. The highest BCUT2D eigenvalue weighted by Gasteiger charge is 2.34. The fourth-order valence-electron chi connectivity index (χ4n) is 4.79. The lowest BCUT2D eigenvalue weighted by atomic mass is 9.68. The summed E-state index contributed by atoms with van der Waals surface area (Å²) in [6.45, 7) is 12.0. The molecule has 1 saturated carbocycles. The Morgan fingerprint density at radius 2 is 1.62 bits per heavy atom. The molecule has 1 rings (SSSR count). The second-order valence-electron chi connectivity index (χ2n) is 7.52. The molecule has 0 aromatic carbocycles. The van der Waals surface area contributed by atoms with E-state index in [0.29, 0.717) is 0 Å². The summed E-state index contributed by atoms with van der Waals surface area (Å²) in [5, 5.41) is 3.70. The molecule has 0 aromatic rings. The molecule has 0 aliphatic heterocycles. The highest BCUT2D eigenvalue weighted by molar-refractivity contribution is 4.87. The first-order valence-electron chi connectivity index (χ1n) is 9.79. The van der Waals surface area contributed by atoms with Crippen LogP contribution < -0.4 is 5.32 Å². The third kappa shape index (κ3) is 4.98. The number of nitrogens with one attached hydrogen (secondary N) is 1. The summed E-state index contributed by atoms with van der Waals surface area (Å²) < 4.78 is 0. The zero-order chi connectivity index (χ0) is 15.8. The highest BCUT2D eigenvalue weighted by Crippen LogP contribution is 2.40. The van der Waals surface area contributed by atoms with Gasteiger partial charge in [0, 0.05) is 6.04 Å². The van der Waals surface area contributed by atoms with Gasteiger partial charge in [0.25, 0.3) is 0 Å². The van der Waals surface area contributed by atoms with Crippen LogP contribution in [0.3, 0.4) is 0 Å². The summed E-state index contributed by atoms with van der Waals surface area (Å²) in [7, 11) is 2.20. The molecule has 0 heterocycles. The monoisotopic (exact) mass is 295 g/mol. The molecule has 1 aliphatic carbocycles. The lowest BCUT2D eigenvalue weighted by Crippen LogP contribution is -2.42. The molecule has 1 heteroatoms. The molecule has 0 bridgehead atoms. The lowest BCUT2D eigenvalue weighted by Gasteiger charge is -2.41. The van der Waals surface area contributed by atoms with Crippen molar-refractivity contribution in [2.45, 2.75) is 92.0 Å². The van der Waals surface area contributed by atoms with Crippen molar-refractivity contribution in [3.63, 3.8) is 0 Å². The van der Waals surface area contributed by atoms with Crippen LogP contribution in [-0.2, 0) is 0 Å². The lowest BCUT2D eigenvalue weighted by molar-refractivity contribution is 0.121. The molecule has 0 saturated heterocycles. The van der Waals surface area contributed by atoms with E-state index in [4.69, 9.17) is 0 Å². The largest absolute Gasteiger partial charge is 0.317 e. The first-order chi connectivity index (χ1) is 10.1. The van der Waals surface area contributed by atoms with Crippen LogP contribution in [0.2, 0.25) is 0 Å². The van der Waals surface area contributed by atoms with Crippen LogP contribution >= 0.6 is 0 Å². The molecule has 5 unspecified atom stereocenters. The van der Waals surface area contributed by atoms with Crippen molar-refractivity contribution in [2.75, 3.05) is 7.05 Å². The molecule has 126 valence electrons. The third-order valence-electron chi connectivity index (χ3n) is 6.65. The topological polar surface area (TPSA) is 12.0 Å². The van der Waals surface area contributed by atoms with E-state index in [1.165, 1.54) is 51.4 Å². The number of hydrogen-bond donors (Lipinski definition) is 1. The van der Waals surface area contributed by atoms with Crippen molar-refractivity contribution in [2.24, 2.45) is 29.6 Å². The SMILES string of the molecule is CCC(C)C(CC)C(CC)CC(NC)C(CC)C1CCC1. The maximum atomic E-state index is 3.70. The predicted molar refractivity (Wildman–Crippen MR) is 95.6 cm³/mol. The van der Waals surface area contributed by atoms with E-state index in [-0.39, 0.29) is 0 Å². The van der Waals surface area contributed by atoms with E-state index in [9.17, 15) is 0 Å². The maximum Gasteiger partial charge on any atom is 0.00976 e. The molecule has 0 spiro atoms. The van der Waals surface area contributed by atoms with Gasteiger partial charge in [-0.3, -0.25) is 0 Å². The van der Waals surface area contributed by atoms with Gasteiger partial charge in [-0.1, -0.05) is 79.6 Å². The second-order valence-corrected chi connectivity index (χ2v) is 7.52. The van der Waals surface area contributed by atoms with Crippen molar-refractivity contribution >= 4 is 0 Å². The van der Waals surface area contributed by atoms with Gasteiger partial charge in [0.05, 0.1) is 0 Å². The summed E-state index contributed by atoms with van der Waals surface area (Å²) in [4.78, 5) is 0. The Balaban J connectivity index is 2.70. The Bertz CT molecular complexity index is 240. The third-order valence-corrected chi connectivity index (χ3v) is 6.65. The molecule has 21 heavy (non-hydrogen) atoms. The first-order valence-corrected chi connectivity index (χ1v) is 9.79. The van der Waals surface area contributed by atoms with E-state index in [1.54, 1.807) is 0 Å². The molecule has 0 amide bonds. The van der Waals surface area contributed by atoms with E-state index in [1.807, 2.05) is 0 Å². The Labute approximate surface area is 134 Å². The highest BCUT2D eigenvalue weighted by atomic mass is 14.9. The van der Waals surface area contributed by atoms with Crippen LogP contribution in [0.1, 0.15) is 86.0 Å². The molecule has 1 nitrogen and oxygen atoms in total. The van der Waals surface area contributed by atoms with Crippen LogP contribution in [0.25, 0.3) is 0 Å². The van der Waals surface area contributed by atoms with Crippen LogP contribution in [0.4, 0.5) is 0 Å². The summed E-state index contributed by atoms with van der Waals surface area (Å²) in [6.07, 6.45) is 11.2. The van der Waals surface area contributed by atoms with Crippen molar-refractivity contribution in [1.29, 1.82) is 0 Å². The zero-order valence-corrected chi connectivity index (χ0v) is 15.6. The van der Waals surface area contributed by atoms with Gasteiger partial charge in [-0.15, -0.1) is 0 Å². The van der Waals surface area contributed by atoms with E-state index in [0.717, 1.165) is 35.6 Å². The Hall–Kier alpha value is -0.0400. The van der Waals surface area contributed by atoms with Crippen LogP contribution in [0.5, 0.6) is 0 Å². The van der Waals surface area contributed by atoms with Gasteiger partial charge >= 0.3 is 0 Å². The van der Waals surface area contributed by atoms with Crippen LogP contribution in [0.15, 0.2) is 0 Å². The smallest absolute Gasteiger partial charge is 0.00976 e. The average Bonchev–Trinajstić information content (AvgIpc) is 2.46. The van der Waals surface area contributed by atoms with Crippen molar-refractivity contribution < 1.29 is 0 Å². The average molecular weight is 296 g/mol. The fourth-order valence-corrected chi connectivity index (χ4v) is 4.79. The molecule has 0 aromatic heterocycles. The molecule has 0 radical (unpaired) electrons. The molecule has 1 aliphatic rings. The minimum Gasteiger partial charge on any atom is -0.317 e. The number of rotatable bonds is 11. The van der Waals surface area contributed by atoms with Gasteiger partial charge in [0.15, 0.2) is 0 Å². The summed E-state index contributed by atoms with van der Waals surface area (Å²) >= 11 is 0. The van der Waals surface area contributed by atoms with Crippen molar-refractivity contribution in [3.8, 4) is 0 Å². The first kappa shape index (κ1) is 19.0. The predicted octanol–water partition coefficient (Wildman–Crippen LogP) is 5.89. The number of hydrogen-bond acceptors (Lipinski definition) is 1. The van der Waals surface area contributed by atoms with Gasteiger partial charge in [-0.05, 0) is 43.1 Å². The van der Waals surface area contributed by atoms with E-state index in [2.05, 4.69) is 47.0 Å². The zero-order valence-electron chi connectivity index (χ0n) is 15.6. The van der Waals surface area contributed by atoms with Crippen molar-refractivity contribution in [3.05, 3.63) is 0 Å². The minimum absolute atomic E-state index is 0.739. The van der Waals surface area contributed by atoms with E-state index >= 15 is 0 Å². The normalized spacial score (nSPS) is 23.1. The summed E-state index contributed by atoms with van der Waals surface area (Å²) in [6, 6.07) is 0.739. The van der Waals surface area contributed by atoms with Crippen molar-refractivity contribution in [1.82, 2.24) is 5.32 Å². The molecular formula is C20H41N. The quantitative estimate of drug-likeness (QED) is 0.501. The molecule has 1 N–H and O–H groups in total. The summed E-state index contributed by atoms with van der Waals surface area (Å²) in [5.41, 5.74) is 0. The van der Waals surface area contributed by atoms with Gasteiger partial charge in [-0.2, -0.15) is 0 Å². The summed E-state index contributed by atoms with van der Waals surface area (Å²) in [5.74, 6) is 4.60. The molecule has 1 fully saturated rings. The van der Waals surface area contributed by atoms with E-state index < -0.39 is 0 Å². The Morgan fingerprint density at radius 1 is 0.952 bits per heavy atom. The van der Waals surface area contributed by atoms with Gasteiger partial charge in [0.2, 0.25) is 0 Å². The fraction of sp³-hybridized carbons (Fsp3) is 1.00. The second kappa shape index (κ2) is 9.87.